The maximum Gasteiger partial charge on any atom is 0.349 e. The lowest BCUT2D eigenvalue weighted by Crippen LogP contribution is -2.25. The highest BCUT2D eigenvalue weighted by Crippen LogP contribution is 2.24. The lowest BCUT2D eigenvalue weighted by Gasteiger charge is -2.13. The molecular weight excluding hydrogens is 378 g/mol. The highest BCUT2D eigenvalue weighted by atomic mass is 16.5. The van der Waals surface area contributed by atoms with E-state index in [0.717, 1.165) is 16.6 Å². The Morgan fingerprint density at radius 1 is 1.13 bits per heavy atom. The maximum atomic E-state index is 12.9. The van der Waals surface area contributed by atoms with Gasteiger partial charge in [-0.15, -0.1) is 0 Å². The van der Waals surface area contributed by atoms with Crippen molar-refractivity contribution in [3.8, 4) is 6.07 Å². The van der Waals surface area contributed by atoms with Gasteiger partial charge in [0.15, 0.2) is 6.10 Å². The second kappa shape index (κ2) is 8.66. The predicted octanol–water partition coefficient (Wildman–Crippen LogP) is 4.26. The first-order valence-corrected chi connectivity index (χ1v) is 9.53. The Hall–Kier alpha value is -3.85. The van der Waals surface area contributed by atoms with Gasteiger partial charge in [-0.2, -0.15) is 5.26 Å². The first-order chi connectivity index (χ1) is 14.3. The molecule has 0 spiro atoms. The lowest BCUT2D eigenvalue weighted by molar-refractivity contribution is -0.141. The normalized spacial score (nSPS) is 12.3. The highest BCUT2D eigenvalue weighted by molar-refractivity contribution is 6.12. The van der Waals surface area contributed by atoms with E-state index in [2.05, 4.69) is 4.98 Å². The number of fused-ring (bicyclic) bond motifs is 1. The molecule has 0 aliphatic heterocycles. The van der Waals surface area contributed by atoms with E-state index in [1.165, 1.54) is 13.0 Å². The number of hydrogen-bond donors (Lipinski definition) is 1. The first kappa shape index (κ1) is 20.9. The number of carbonyl (C=O) groups is 2. The fraction of sp³-hybridized carbons (Fsp3) is 0.208. The van der Waals surface area contributed by atoms with Gasteiger partial charge in [-0.1, -0.05) is 30.3 Å². The van der Waals surface area contributed by atoms with Gasteiger partial charge in [0.25, 0.3) is 0 Å². The van der Waals surface area contributed by atoms with E-state index in [-0.39, 0.29) is 11.4 Å². The van der Waals surface area contributed by atoms with Crippen LogP contribution in [0.2, 0.25) is 0 Å². The van der Waals surface area contributed by atoms with Crippen LogP contribution in [0.5, 0.6) is 0 Å². The van der Waals surface area contributed by atoms with Crippen LogP contribution in [0.25, 0.3) is 17.0 Å². The third kappa shape index (κ3) is 4.26. The number of esters is 1. The number of nitriles is 1. The van der Waals surface area contributed by atoms with Crippen molar-refractivity contribution in [3.05, 3.63) is 70.9 Å². The molecule has 0 bridgehead atoms. The molecule has 0 fully saturated rings. The number of benzene rings is 2. The van der Waals surface area contributed by atoms with Crippen molar-refractivity contribution >= 4 is 34.4 Å². The third-order valence-electron chi connectivity index (χ3n) is 4.85. The molecule has 3 aromatic rings. The summed E-state index contributed by atoms with van der Waals surface area (Å²) in [5.74, 6) is -1.14. The molecule has 152 valence electrons. The molecule has 1 aromatic heterocycles. The lowest BCUT2D eigenvalue weighted by atomic mass is 10.0. The Bertz CT molecular complexity index is 1160. The summed E-state index contributed by atoms with van der Waals surface area (Å²) in [5.41, 5.74) is 3.58. The van der Waals surface area contributed by atoms with Crippen LogP contribution in [-0.2, 0) is 9.53 Å². The minimum absolute atomic E-state index is 0.164. The van der Waals surface area contributed by atoms with Crippen LogP contribution in [0.1, 0.15) is 28.5 Å². The fourth-order valence-electron chi connectivity index (χ4n) is 3.25. The molecule has 0 saturated heterocycles. The van der Waals surface area contributed by atoms with Crippen LogP contribution < -0.4 is 4.90 Å². The SMILES string of the molecule is Cc1[nH]c2ccccc2c1C(=O)[C@H](C)OC(=O)/C(C#N)=C\c1ccc(N(C)C)cc1. The molecule has 0 saturated carbocycles. The molecule has 1 heterocycles. The summed E-state index contributed by atoms with van der Waals surface area (Å²) in [7, 11) is 3.85. The van der Waals surface area contributed by atoms with Crippen molar-refractivity contribution in [3.63, 3.8) is 0 Å². The second-order valence-electron chi connectivity index (χ2n) is 7.24. The molecule has 1 N–H and O–H groups in total. The molecular formula is C24H23N3O3. The Morgan fingerprint density at radius 3 is 2.43 bits per heavy atom. The molecule has 6 nitrogen and oxygen atoms in total. The summed E-state index contributed by atoms with van der Waals surface area (Å²) in [6.07, 6.45) is 0.430. The fourth-order valence-corrected chi connectivity index (χ4v) is 3.25. The van der Waals surface area contributed by atoms with Crippen LogP contribution in [0.4, 0.5) is 5.69 Å². The third-order valence-corrected chi connectivity index (χ3v) is 4.85. The second-order valence-corrected chi connectivity index (χ2v) is 7.24. The molecule has 0 aliphatic carbocycles. The number of aryl methyl sites for hydroxylation is 1. The Balaban J connectivity index is 1.78. The molecule has 2 aromatic carbocycles. The average molecular weight is 401 g/mol. The van der Waals surface area contributed by atoms with Crippen LogP contribution in [-0.4, -0.2) is 36.9 Å². The van der Waals surface area contributed by atoms with Crippen molar-refractivity contribution in [1.82, 2.24) is 4.98 Å². The van der Waals surface area contributed by atoms with Gasteiger partial charge in [0.1, 0.15) is 11.6 Å². The van der Waals surface area contributed by atoms with E-state index in [4.69, 9.17) is 4.74 Å². The highest BCUT2D eigenvalue weighted by Gasteiger charge is 2.25. The molecule has 6 heteroatoms. The van der Waals surface area contributed by atoms with Gasteiger partial charge in [0.2, 0.25) is 5.78 Å². The van der Waals surface area contributed by atoms with Gasteiger partial charge in [-0.25, -0.2) is 4.79 Å². The summed E-state index contributed by atoms with van der Waals surface area (Å²) in [6, 6.07) is 16.7. The number of nitrogens with zero attached hydrogens (tertiary/aromatic N) is 2. The molecule has 1 atom stereocenters. The van der Waals surface area contributed by atoms with Crippen LogP contribution in [0, 0.1) is 18.3 Å². The Labute approximate surface area is 175 Å². The number of carbonyl (C=O) groups excluding carboxylic acids is 2. The number of aromatic amines is 1. The largest absolute Gasteiger partial charge is 0.450 e. The minimum atomic E-state index is -1.02. The van der Waals surface area contributed by atoms with Crippen molar-refractivity contribution in [2.75, 3.05) is 19.0 Å². The van der Waals surface area contributed by atoms with Gasteiger partial charge in [-0.05, 0) is 43.7 Å². The number of rotatable bonds is 6. The summed E-state index contributed by atoms with van der Waals surface area (Å²) in [5, 5.41) is 10.2. The number of anilines is 1. The van der Waals surface area contributed by atoms with Crippen molar-refractivity contribution in [2.24, 2.45) is 0 Å². The van der Waals surface area contributed by atoms with Crippen molar-refractivity contribution < 1.29 is 14.3 Å². The van der Waals surface area contributed by atoms with E-state index in [9.17, 15) is 14.9 Å². The Kier molecular flexibility index (Phi) is 6.03. The van der Waals surface area contributed by atoms with Crippen molar-refractivity contribution in [1.29, 1.82) is 5.26 Å². The minimum Gasteiger partial charge on any atom is -0.450 e. The first-order valence-electron chi connectivity index (χ1n) is 9.53. The number of Topliss-reactive ketones (excluding diaryl/α,β-unsaturated/α-hetero) is 1. The maximum absolute atomic E-state index is 12.9. The summed E-state index contributed by atoms with van der Waals surface area (Å²) in [4.78, 5) is 30.6. The molecule has 0 radical (unpaired) electrons. The number of aromatic nitrogens is 1. The quantitative estimate of drug-likeness (QED) is 0.289. The van der Waals surface area contributed by atoms with E-state index >= 15 is 0 Å². The number of hydrogen-bond acceptors (Lipinski definition) is 5. The van der Waals surface area contributed by atoms with Gasteiger partial charge in [-0.3, -0.25) is 4.79 Å². The number of H-pyrrole nitrogens is 1. The molecule has 30 heavy (non-hydrogen) atoms. The summed E-state index contributed by atoms with van der Waals surface area (Å²) < 4.78 is 5.33. The van der Waals surface area contributed by atoms with Gasteiger partial charge >= 0.3 is 5.97 Å². The number of nitrogens with one attached hydrogen (secondary N) is 1. The van der Waals surface area contributed by atoms with Gasteiger partial charge < -0.3 is 14.6 Å². The molecule has 0 amide bonds. The predicted molar refractivity (Wildman–Crippen MR) is 117 cm³/mol. The number of para-hydroxylation sites is 1. The van der Waals surface area contributed by atoms with E-state index in [1.807, 2.05) is 73.6 Å². The average Bonchev–Trinajstić information content (AvgIpc) is 3.07. The van der Waals surface area contributed by atoms with Crippen LogP contribution >= 0.6 is 0 Å². The number of ketones is 1. The molecule has 0 unspecified atom stereocenters. The Morgan fingerprint density at radius 2 is 1.80 bits per heavy atom. The molecule has 3 rings (SSSR count). The van der Waals surface area contributed by atoms with E-state index < -0.39 is 12.1 Å². The zero-order chi connectivity index (χ0) is 21.8. The van der Waals surface area contributed by atoms with Crippen LogP contribution in [0.15, 0.2) is 54.1 Å². The summed E-state index contributed by atoms with van der Waals surface area (Å²) >= 11 is 0. The van der Waals surface area contributed by atoms with E-state index in [0.29, 0.717) is 16.8 Å². The zero-order valence-electron chi connectivity index (χ0n) is 17.4. The van der Waals surface area contributed by atoms with E-state index in [1.54, 1.807) is 6.92 Å². The van der Waals surface area contributed by atoms with Gasteiger partial charge in [0, 0.05) is 41.9 Å². The standard InChI is InChI=1S/C24H23N3O3/c1-15-22(20-7-5-6-8-21(20)26-15)23(28)16(2)30-24(29)18(14-25)13-17-9-11-19(12-10-17)27(3)4/h5-13,16,26H,1-4H3/b18-13-/t16-/m0/s1. The monoisotopic (exact) mass is 401 g/mol. The smallest absolute Gasteiger partial charge is 0.349 e. The zero-order valence-corrected chi connectivity index (χ0v) is 17.4. The topological polar surface area (TPSA) is 86.2 Å². The molecule has 0 aliphatic rings. The van der Waals surface area contributed by atoms with Crippen LogP contribution in [0.3, 0.4) is 0 Å². The van der Waals surface area contributed by atoms with Gasteiger partial charge in [0.05, 0.1) is 0 Å². The number of ether oxygens (including phenoxy) is 1. The van der Waals surface area contributed by atoms with Crippen molar-refractivity contribution in [2.45, 2.75) is 20.0 Å². The summed E-state index contributed by atoms with van der Waals surface area (Å²) in [6.45, 7) is 3.32.